The molecule has 0 bridgehead atoms. The second-order valence-corrected chi connectivity index (χ2v) is 7.09. The molecule has 2 heterocycles. The minimum absolute atomic E-state index is 0.461. The lowest BCUT2D eigenvalue weighted by atomic mass is 10.1. The summed E-state index contributed by atoms with van der Waals surface area (Å²) in [5.74, 6) is 2.22. The van der Waals surface area contributed by atoms with E-state index in [1.165, 1.54) is 11.8 Å². The molecule has 0 N–H and O–H groups in total. The third kappa shape index (κ3) is 3.61. The first-order chi connectivity index (χ1) is 13.7. The first-order valence-electron chi connectivity index (χ1n) is 8.60. The van der Waals surface area contributed by atoms with E-state index in [0.717, 1.165) is 28.1 Å². The van der Waals surface area contributed by atoms with Crippen molar-refractivity contribution in [1.29, 1.82) is 0 Å². The Morgan fingerprint density at radius 1 is 1.11 bits per heavy atom. The summed E-state index contributed by atoms with van der Waals surface area (Å²) in [6, 6.07) is 13.6. The van der Waals surface area contributed by atoms with E-state index >= 15 is 0 Å². The first kappa shape index (κ1) is 18.2. The van der Waals surface area contributed by atoms with Gasteiger partial charge in [0.05, 0.1) is 18.6 Å². The molecular formula is C19H18N6O2S. The van der Waals surface area contributed by atoms with Gasteiger partial charge in [-0.25, -0.2) is 0 Å². The number of methoxy groups -OCH3 is 1. The molecule has 0 saturated heterocycles. The molecule has 0 aliphatic heterocycles. The summed E-state index contributed by atoms with van der Waals surface area (Å²) in [6.45, 7) is 4.08. The van der Waals surface area contributed by atoms with Gasteiger partial charge in [0.25, 0.3) is 0 Å². The van der Waals surface area contributed by atoms with Crippen molar-refractivity contribution in [1.82, 2.24) is 30.3 Å². The fraction of sp³-hybridized carbons (Fsp3) is 0.211. The molecule has 0 amide bonds. The summed E-state index contributed by atoms with van der Waals surface area (Å²) in [7, 11) is 1.62. The van der Waals surface area contributed by atoms with E-state index in [1.54, 1.807) is 11.8 Å². The normalized spacial score (nSPS) is 11.0. The van der Waals surface area contributed by atoms with Gasteiger partial charge < -0.3 is 9.26 Å². The molecule has 28 heavy (non-hydrogen) atoms. The molecule has 142 valence electrons. The summed E-state index contributed by atoms with van der Waals surface area (Å²) in [4.78, 5) is 4.46. The maximum Gasteiger partial charge on any atom is 0.237 e. The van der Waals surface area contributed by atoms with Crippen molar-refractivity contribution in [2.24, 2.45) is 0 Å². The van der Waals surface area contributed by atoms with Gasteiger partial charge in [-0.15, -0.1) is 5.10 Å². The van der Waals surface area contributed by atoms with Gasteiger partial charge in [0.15, 0.2) is 0 Å². The molecule has 0 aliphatic rings. The molecule has 0 spiro atoms. The second kappa shape index (κ2) is 7.81. The van der Waals surface area contributed by atoms with Crippen LogP contribution < -0.4 is 4.74 Å². The van der Waals surface area contributed by atoms with E-state index in [2.05, 4.69) is 25.7 Å². The number of rotatable bonds is 6. The SMILES string of the molecule is COc1cccc(-c2noc(CSc3nnnn3-c3c(C)cccc3C)n2)c1. The van der Waals surface area contributed by atoms with Crippen LogP contribution in [0.15, 0.2) is 52.1 Å². The molecule has 0 fully saturated rings. The van der Waals surface area contributed by atoms with Crippen LogP contribution in [0, 0.1) is 13.8 Å². The third-order valence-electron chi connectivity index (χ3n) is 4.21. The number of benzene rings is 2. The summed E-state index contributed by atoms with van der Waals surface area (Å²) >= 11 is 1.44. The van der Waals surface area contributed by atoms with Gasteiger partial charge >= 0.3 is 0 Å². The number of thioether (sulfide) groups is 1. The maximum atomic E-state index is 5.38. The van der Waals surface area contributed by atoms with Gasteiger partial charge in [0.1, 0.15) is 5.75 Å². The number of hydrogen-bond acceptors (Lipinski definition) is 8. The predicted octanol–water partition coefficient (Wildman–Crippen LogP) is 3.63. The van der Waals surface area contributed by atoms with E-state index in [9.17, 15) is 0 Å². The largest absolute Gasteiger partial charge is 0.497 e. The zero-order chi connectivity index (χ0) is 19.5. The first-order valence-corrected chi connectivity index (χ1v) is 9.59. The molecule has 0 saturated carbocycles. The Morgan fingerprint density at radius 3 is 2.68 bits per heavy atom. The minimum atomic E-state index is 0.461. The van der Waals surface area contributed by atoms with E-state index < -0.39 is 0 Å². The monoisotopic (exact) mass is 394 g/mol. The molecule has 8 nitrogen and oxygen atoms in total. The lowest BCUT2D eigenvalue weighted by molar-refractivity contribution is 0.391. The van der Waals surface area contributed by atoms with Crippen LogP contribution in [0.2, 0.25) is 0 Å². The summed E-state index contributed by atoms with van der Waals surface area (Å²) in [5, 5.41) is 16.8. The Bertz CT molecular complexity index is 1090. The second-order valence-electron chi connectivity index (χ2n) is 6.15. The van der Waals surface area contributed by atoms with Gasteiger partial charge in [0, 0.05) is 5.56 Å². The zero-order valence-corrected chi connectivity index (χ0v) is 16.5. The highest BCUT2D eigenvalue weighted by Crippen LogP contribution is 2.27. The quantitative estimate of drug-likeness (QED) is 0.458. The van der Waals surface area contributed by atoms with Crippen molar-refractivity contribution in [2.75, 3.05) is 7.11 Å². The smallest absolute Gasteiger partial charge is 0.237 e. The highest BCUT2D eigenvalue weighted by atomic mass is 32.2. The fourth-order valence-electron chi connectivity index (χ4n) is 2.87. The minimum Gasteiger partial charge on any atom is -0.497 e. The number of tetrazole rings is 1. The lowest BCUT2D eigenvalue weighted by Gasteiger charge is -2.09. The van der Waals surface area contributed by atoms with Crippen molar-refractivity contribution in [2.45, 2.75) is 24.8 Å². The molecule has 0 radical (unpaired) electrons. The highest BCUT2D eigenvalue weighted by molar-refractivity contribution is 7.98. The van der Waals surface area contributed by atoms with Crippen molar-refractivity contribution in [3.05, 3.63) is 59.5 Å². The predicted molar refractivity (Wildman–Crippen MR) is 104 cm³/mol. The summed E-state index contributed by atoms with van der Waals surface area (Å²) in [6.07, 6.45) is 0. The van der Waals surface area contributed by atoms with E-state index in [-0.39, 0.29) is 0 Å². The molecule has 4 rings (SSSR count). The average molecular weight is 394 g/mol. The average Bonchev–Trinajstić information content (AvgIpc) is 3.36. The fourth-order valence-corrected chi connectivity index (χ4v) is 3.58. The number of aryl methyl sites for hydroxylation is 2. The van der Waals surface area contributed by atoms with E-state index in [1.807, 2.05) is 56.3 Å². The Kier molecular flexibility index (Phi) is 5.07. The molecular weight excluding hydrogens is 376 g/mol. The van der Waals surface area contributed by atoms with Gasteiger partial charge in [-0.05, 0) is 47.5 Å². The van der Waals surface area contributed by atoms with Crippen LogP contribution in [0.1, 0.15) is 17.0 Å². The van der Waals surface area contributed by atoms with Crippen molar-refractivity contribution in [3.63, 3.8) is 0 Å². The van der Waals surface area contributed by atoms with Crippen molar-refractivity contribution >= 4 is 11.8 Å². The van der Waals surface area contributed by atoms with E-state index in [4.69, 9.17) is 9.26 Å². The van der Waals surface area contributed by atoms with Crippen molar-refractivity contribution in [3.8, 4) is 22.8 Å². The van der Waals surface area contributed by atoms with Gasteiger partial charge in [0.2, 0.25) is 16.9 Å². The zero-order valence-electron chi connectivity index (χ0n) is 15.7. The van der Waals surface area contributed by atoms with Crippen molar-refractivity contribution < 1.29 is 9.26 Å². The van der Waals surface area contributed by atoms with Gasteiger partial charge in [-0.3, -0.25) is 0 Å². The van der Waals surface area contributed by atoms with Crippen LogP contribution in [-0.2, 0) is 5.75 Å². The van der Waals surface area contributed by atoms with E-state index in [0.29, 0.717) is 22.6 Å². The molecule has 2 aromatic carbocycles. The number of nitrogens with zero attached hydrogens (tertiary/aromatic N) is 6. The molecule has 4 aromatic rings. The Balaban J connectivity index is 1.52. The molecule has 9 heteroatoms. The summed E-state index contributed by atoms with van der Waals surface area (Å²) in [5.41, 5.74) is 4.02. The van der Waals surface area contributed by atoms with Crippen LogP contribution in [0.5, 0.6) is 5.75 Å². The summed E-state index contributed by atoms with van der Waals surface area (Å²) < 4.78 is 12.4. The topological polar surface area (TPSA) is 91.8 Å². The van der Waals surface area contributed by atoms with Gasteiger partial charge in [-0.2, -0.15) is 9.67 Å². The van der Waals surface area contributed by atoms with Crippen LogP contribution in [0.4, 0.5) is 0 Å². The number of hydrogen-bond donors (Lipinski definition) is 0. The van der Waals surface area contributed by atoms with Crippen LogP contribution in [-0.4, -0.2) is 37.5 Å². The van der Waals surface area contributed by atoms with Gasteiger partial charge in [-0.1, -0.05) is 47.3 Å². The highest BCUT2D eigenvalue weighted by Gasteiger charge is 2.16. The maximum absolute atomic E-state index is 5.38. The molecule has 0 unspecified atom stereocenters. The Morgan fingerprint density at radius 2 is 1.89 bits per heavy atom. The number of para-hydroxylation sites is 1. The number of ether oxygens (including phenoxy) is 1. The van der Waals surface area contributed by atoms with Crippen LogP contribution in [0.25, 0.3) is 17.1 Å². The Hall–Kier alpha value is -3.20. The van der Waals surface area contributed by atoms with Crippen LogP contribution in [0.3, 0.4) is 0 Å². The standard InChI is InChI=1S/C19H18N6O2S/c1-12-6-4-7-13(2)17(12)25-19(21-23-24-25)28-11-16-20-18(22-27-16)14-8-5-9-15(10-14)26-3/h4-10H,11H2,1-3H3. The third-order valence-corrected chi connectivity index (χ3v) is 5.12. The lowest BCUT2D eigenvalue weighted by Crippen LogP contribution is -2.04. The molecule has 0 atom stereocenters. The van der Waals surface area contributed by atoms with Crippen LogP contribution >= 0.6 is 11.8 Å². The number of aromatic nitrogens is 6. The Labute approximate surface area is 165 Å². The molecule has 2 aromatic heterocycles. The molecule has 0 aliphatic carbocycles.